The van der Waals surface area contributed by atoms with Gasteiger partial charge in [0.15, 0.2) is 16.4 Å². The zero-order valence-corrected chi connectivity index (χ0v) is 16.7. The van der Waals surface area contributed by atoms with Crippen LogP contribution in [0.15, 0.2) is 47.4 Å². The number of carbonyl (C=O) groups excluding carboxylic acids is 2. The Bertz CT molecular complexity index is 943. The second-order valence-electron chi connectivity index (χ2n) is 5.71. The van der Waals surface area contributed by atoms with Crippen LogP contribution in [-0.4, -0.2) is 32.7 Å². The fraction of sp³-hybridized carbons (Fsp3) is 0.222. The Morgan fingerprint density at radius 3 is 2.41 bits per heavy atom. The Kier molecular flexibility index (Phi) is 7.24. The SMILES string of the molecule is Cc1ccc(S(=O)(=O)CCC(=O)OCC(=O)Nc2cc(Cl)ccc2Cl)cc1. The second-order valence-corrected chi connectivity index (χ2v) is 8.67. The fourth-order valence-electron chi connectivity index (χ4n) is 2.08. The lowest BCUT2D eigenvalue weighted by Gasteiger charge is -2.09. The number of anilines is 1. The molecule has 6 nitrogen and oxygen atoms in total. The first kappa shape index (κ1) is 21.2. The van der Waals surface area contributed by atoms with E-state index < -0.39 is 34.1 Å². The van der Waals surface area contributed by atoms with Crippen molar-refractivity contribution in [3.8, 4) is 0 Å². The second kappa shape index (κ2) is 9.21. The number of esters is 1. The van der Waals surface area contributed by atoms with Gasteiger partial charge in [0.25, 0.3) is 5.91 Å². The Labute approximate surface area is 167 Å². The Morgan fingerprint density at radius 1 is 1.07 bits per heavy atom. The number of hydrogen-bond acceptors (Lipinski definition) is 5. The number of aryl methyl sites for hydroxylation is 1. The van der Waals surface area contributed by atoms with E-state index in [2.05, 4.69) is 5.32 Å². The molecule has 9 heteroatoms. The van der Waals surface area contributed by atoms with Gasteiger partial charge >= 0.3 is 5.97 Å². The highest BCUT2D eigenvalue weighted by molar-refractivity contribution is 7.91. The molecule has 0 heterocycles. The molecule has 0 unspecified atom stereocenters. The van der Waals surface area contributed by atoms with Crippen LogP contribution in [0.5, 0.6) is 0 Å². The quantitative estimate of drug-likeness (QED) is 0.678. The lowest BCUT2D eigenvalue weighted by atomic mass is 10.2. The van der Waals surface area contributed by atoms with E-state index in [-0.39, 0.29) is 22.0 Å². The number of halogens is 2. The molecule has 0 aromatic heterocycles. The Balaban J connectivity index is 1.82. The van der Waals surface area contributed by atoms with E-state index >= 15 is 0 Å². The number of ether oxygens (including phenoxy) is 1. The van der Waals surface area contributed by atoms with Crippen molar-refractivity contribution in [3.63, 3.8) is 0 Å². The molecule has 0 bridgehead atoms. The van der Waals surface area contributed by atoms with Crippen molar-refractivity contribution in [3.05, 3.63) is 58.1 Å². The van der Waals surface area contributed by atoms with Gasteiger partial charge in [0.1, 0.15) is 0 Å². The van der Waals surface area contributed by atoms with Gasteiger partial charge in [-0.2, -0.15) is 0 Å². The van der Waals surface area contributed by atoms with Gasteiger partial charge in [-0.3, -0.25) is 9.59 Å². The summed E-state index contributed by atoms with van der Waals surface area (Å²) in [5, 5.41) is 3.12. The van der Waals surface area contributed by atoms with Crippen molar-refractivity contribution in [1.82, 2.24) is 0 Å². The van der Waals surface area contributed by atoms with Crippen LogP contribution >= 0.6 is 23.2 Å². The van der Waals surface area contributed by atoms with Gasteiger partial charge in [-0.15, -0.1) is 0 Å². The van der Waals surface area contributed by atoms with E-state index in [0.29, 0.717) is 5.02 Å². The van der Waals surface area contributed by atoms with Gasteiger partial charge in [-0.05, 0) is 37.3 Å². The number of sulfone groups is 1. The summed E-state index contributed by atoms with van der Waals surface area (Å²) >= 11 is 11.7. The number of amides is 1. The zero-order chi connectivity index (χ0) is 20.0. The minimum Gasteiger partial charge on any atom is -0.456 e. The molecule has 0 saturated carbocycles. The molecule has 2 aromatic rings. The lowest BCUT2D eigenvalue weighted by Crippen LogP contribution is -2.22. The highest BCUT2D eigenvalue weighted by Gasteiger charge is 2.18. The summed E-state index contributed by atoms with van der Waals surface area (Å²) in [7, 11) is -3.60. The predicted octanol–water partition coefficient (Wildman–Crippen LogP) is 3.65. The number of hydrogen-bond donors (Lipinski definition) is 1. The van der Waals surface area contributed by atoms with Crippen molar-refractivity contribution in [2.24, 2.45) is 0 Å². The van der Waals surface area contributed by atoms with Crippen LogP contribution in [-0.2, 0) is 24.2 Å². The summed E-state index contributed by atoms with van der Waals surface area (Å²) < 4.78 is 29.2. The predicted molar refractivity (Wildman–Crippen MR) is 104 cm³/mol. The van der Waals surface area contributed by atoms with E-state index in [1.165, 1.54) is 24.3 Å². The zero-order valence-electron chi connectivity index (χ0n) is 14.4. The first-order chi connectivity index (χ1) is 12.7. The van der Waals surface area contributed by atoms with Crippen LogP contribution in [0.3, 0.4) is 0 Å². The monoisotopic (exact) mass is 429 g/mol. The van der Waals surface area contributed by atoms with Gasteiger partial charge in [0.05, 0.1) is 27.8 Å². The molecule has 1 N–H and O–H groups in total. The number of benzene rings is 2. The molecule has 1 amide bonds. The molecule has 0 atom stereocenters. The third-order valence-electron chi connectivity index (χ3n) is 3.52. The van der Waals surface area contributed by atoms with E-state index in [1.807, 2.05) is 6.92 Å². The molecule has 0 aliphatic rings. The number of carbonyl (C=O) groups is 2. The minimum absolute atomic E-state index is 0.134. The van der Waals surface area contributed by atoms with Crippen LogP contribution < -0.4 is 5.32 Å². The summed E-state index contributed by atoms with van der Waals surface area (Å²) in [5.41, 5.74) is 1.21. The lowest BCUT2D eigenvalue weighted by molar-refractivity contribution is -0.146. The highest BCUT2D eigenvalue weighted by Crippen LogP contribution is 2.25. The molecule has 0 aliphatic heterocycles. The molecule has 0 fully saturated rings. The molecular weight excluding hydrogens is 413 g/mol. The molecule has 144 valence electrons. The maximum atomic E-state index is 12.2. The minimum atomic E-state index is -3.60. The summed E-state index contributed by atoms with van der Waals surface area (Å²) in [5.74, 6) is -1.82. The summed E-state index contributed by atoms with van der Waals surface area (Å²) in [6.45, 7) is 1.28. The topological polar surface area (TPSA) is 89.5 Å². The molecule has 2 rings (SSSR count). The molecular formula is C18H17Cl2NO5S. The standard InChI is InChI=1S/C18H17Cl2NO5S/c1-12-2-5-14(6-3-12)27(24,25)9-8-18(23)26-11-17(22)21-16-10-13(19)4-7-15(16)20/h2-7,10H,8-9,11H2,1H3,(H,21,22). The van der Waals surface area contributed by atoms with E-state index in [4.69, 9.17) is 27.9 Å². The molecule has 0 saturated heterocycles. The van der Waals surface area contributed by atoms with Crippen LogP contribution in [0.25, 0.3) is 0 Å². The maximum absolute atomic E-state index is 12.2. The third-order valence-corrected chi connectivity index (χ3v) is 5.82. The van der Waals surface area contributed by atoms with Crippen LogP contribution in [0, 0.1) is 6.92 Å². The Morgan fingerprint density at radius 2 is 1.74 bits per heavy atom. The normalized spacial score (nSPS) is 11.1. The van der Waals surface area contributed by atoms with Crippen molar-refractivity contribution in [1.29, 1.82) is 0 Å². The molecule has 2 aromatic carbocycles. The molecule has 0 aliphatic carbocycles. The summed E-state index contributed by atoms with van der Waals surface area (Å²) in [6.07, 6.45) is -0.360. The van der Waals surface area contributed by atoms with E-state index in [0.717, 1.165) is 5.56 Å². The highest BCUT2D eigenvalue weighted by atomic mass is 35.5. The summed E-state index contributed by atoms with van der Waals surface area (Å²) in [6, 6.07) is 10.9. The van der Waals surface area contributed by atoms with Crippen molar-refractivity contribution in [2.45, 2.75) is 18.2 Å². The van der Waals surface area contributed by atoms with Gasteiger partial charge in [-0.25, -0.2) is 8.42 Å². The van der Waals surface area contributed by atoms with Crippen molar-refractivity contribution < 1.29 is 22.7 Å². The number of nitrogens with one attached hydrogen (secondary N) is 1. The Hall–Kier alpha value is -2.09. The molecule has 0 radical (unpaired) electrons. The smallest absolute Gasteiger partial charge is 0.307 e. The molecule has 0 spiro atoms. The first-order valence-electron chi connectivity index (χ1n) is 7.87. The average Bonchev–Trinajstić information content (AvgIpc) is 2.62. The average molecular weight is 430 g/mol. The first-order valence-corrected chi connectivity index (χ1v) is 10.3. The van der Waals surface area contributed by atoms with E-state index in [9.17, 15) is 18.0 Å². The van der Waals surface area contributed by atoms with Crippen LogP contribution in [0.4, 0.5) is 5.69 Å². The largest absolute Gasteiger partial charge is 0.456 e. The molecule has 27 heavy (non-hydrogen) atoms. The third kappa shape index (κ3) is 6.53. The van der Waals surface area contributed by atoms with Crippen LogP contribution in [0.2, 0.25) is 10.0 Å². The van der Waals surface area contributed by atoms with Crippen LogP contribution in [0.1, 0.15) is 12.0 Å². The van der Waals surface area contributed by atoms with Gasteiger partial charge in [0.2, 0.25) is 0 Å². The maximum Gasteiger partial charge on any atom is 0.307 e. The van der Waals surface area contributed by atoms with E-state index in [1.54, 1.807) is 18.2 Å². The van der Waals surface area contributed by atoms with Gasteiger partial charge < -0.3 is 10.1 Å². The fourth-order valence-corrected chi connectivity index (χ4v) is 3.64. The number of rotatable bonds is 7. The van der Waals surface area contributed by atoms with Gasteiger partial charge in [0, 0.05) is 5.02 Å². The van der Waals surface area contributed by atoms with Crippen molar-refractivity contribution in [2.75, 3.05) is 17.7 Å². The van der Waals surface area contributed by atoms with Gasteiger partial charge in [-0.1, -0.05) is 40.9 Å². The summed E-state index contributed by atoms with van der Waals surface area (Å²) in [4.78, 5) is 23.7. The van der Waals surface area contributed by atoms with Crippen molar-refractivity contribution >= 4 is 50.6 Å².